The van der Waals surface area contributed by atoms with E-state index in [-0.39, 0.29) is 5.56 Å². The average molecular weight is 279 g/mol. The van der Waals surface area contributed by atoms with Crippen molar-refractivity contribution in [1.29, 1.82) is 0 Å². The lowest BCUT2D eigenvalue weighted by Crippen LogP contribution is -2.04. The van der Waals surface area contributed by atoms with E-state index in [1.165, 1.54) is 6.20 Å². The summed E-state index contributed by atoms with van der Waals surface area (Å²) in [6.45, 7) is 0.625. The molecule has 0 saturated carbocycles. The number of pyridine rings is 1. The predicted molar refractivity (Wildman–Crippen MR) is 78.0 cm³/mol. The fraction of sp³-hybridized carbons (Fsp3) is 0.0625. The number of rotatable bonds is 4. The summed E-state index contributed by atoms with van der Waals surface area (Å²) >= 11 is 0. The molecule has 1 aromatic carbocycles. The van der Waals surface area contributed by atoms with E-state index in [0.29, 0.717) is 6.54 Å². The Kier molecular flexibility index (Phi) is 3.47. The molecule has 0 aliphatic carbocycles. The van der Waals surface area contributed by atoms with Crippen molar-refractivity contribution in [1.82, 2.24) is 14.8 Å². The second kappa shape index (κ2) is 5.58. The van der Waals surface area contributed by atoms with Crippen LogP contribution in [0, 0.1) is 0 Å². The number of hydrogen-bond donors (Lipinski definition) is 1. The van der Waals surface area contributed by atoms with Crippen molar-refractivity contribution >= 4 is 5.97 Å². The van der Waals surface area contributed by atoms with Gasteiger partial charge in [-0.1, -0.05) is 30.3 Å². The lowest BCUT2D eigenvalue weighted by Gasteiger charge is -2.08. The number of nitrogens with zero attached hydrogens (tertiary/aromatic N) is 3. The Labute approximate surface area is 121 Å². The van der Waals surface area contributed by atoms with Crippen LogP contribution in [-0.4, -0.2) is 25.8 Å². The van der Waals surface area contributed by atoms with Crippen LogP contribution in [0.25, 0.3) is 11.3 Å². The van der Waals surface area contributed by atoms with E-state index in [0.717, 1.165) is 16.8 Å². The van der Waals surface area contributed by atoms with Gasteiger partial charge in [-0.15, -0.1) is 0 Å². The minimum atomic E-state index is -0.988. The van der Waals surface area contributed by atoms with Crippen molar-refractivity contribution < 1.29 is 9.90 Å². The van der Waals surface area contributed by atoms with E-state index in [1.54, 1.807) is 18.5 Å². The van der Waals surface area contributed by atoms with Crippen LogP contribution in [0.1, 0.15) is 15.9 Å². The molecule has 5 nitrogen and oxygen atoms in total. The fourth-order valence-electron chi connectivity index (χ4n) is 2.16. The molecule has 2 aromatic heterocycles. The second-order valence-electron chi connectivity index (χ2n) is 4.63. The summed E-state index contributed by atoms with van der Waals surface area (Å²) in [7, 11) is 0. The molecular weight excluding hydrogens is 266 g/mol. The van der Waals surface area contributed by atoms with Gasteiger partial charge in [-0.2, -0.15) is 5.10 Å². The highest BCUT2D eigenvalue weighted by molar-refractivity contribution is 5.88. The summed E-state index contributed by atoms with van der Waals surface area (Å²) in [4.78, 5) is 15.0. The maximum absolute atomic E-state index is 11.0. The Hall–Kier alpha value is -2.95. The molecule has 21 heavy (non-hydrogen) atoms. The third kappa shape index (κ3) is 2.81. The number of aromatic nitrogens is 3. The summed E-state index contributed by atoms with van der Waals surface area (Å²) < 4.78 is 1.83. The second-order valence-corrected chi connectivity index (χ2v) is 4.63. The zero-order valence-electron chi connectivity index (χ0n) is 11.2. The highest BCUT2D eigenvalue weighted by Crippen LogP contribution is 2.20. The van der Waals surface area contributed by atoms with Crippen LogP contribution in [0.3, 0.4) is 0 Å². The first-order valence-corrected chi connectivity index (χ1v) is 6.48. The van der Waals surface area contributed by atoms with Crippen LogP contribution in [0.4, 0.5) is 0 Å². The molecule has 0 atom stereocenters. The van der Waals surface area contributed by atoms with Gasteiger partial charge in [0.1, 0.15) is 0 Å². The number of carboxylic acid groups (broad SMARTS) is 1. The van der Waals surface area contributed by atoms with Crippen molar-refractivity contribution in [3.63, 3.8) is 0 Å². The summed E-state index contributed by atoms with van der Waals surface area (Å²) in [6, 6.07) is 13.4. The molecule has 0 bridgehead atoms. The molecule has 0 spiro atoms. The molecule has 5 heteroatoms. The van der Waals surface area contributed by atoms with Gasteiger partial charge in [0.2, 0.25) is 0 Å². The van der Waals surface area contributed by atoms with E-state index in [9.17, 15) is 4.79 Å². The van der Waals surface area contributed by atoms with E-state index < -0.39 is 5.97 Å². The Morgan fingerprint density at radius 3 is 2.71 bits per heavy atom. The van der Waals surface area contributed by atoms with E-state index in [2.05, 4.69) is 10.1 Å². The maximum atomic E-state index is 11.0. The van der Waals surface area contributed by atoms with Gasteiger partial charge < -0.3 is 5.11 Å². The van der Waals surface area contributed by atoms with Crippen LogP contribution >= 0.6 is 0 Å². The van der Waals surface area contributed by atoms with Gasteiger partial charge in [-0.25, -0.2) is 4.79 Å². The monoisotopic (exact) mass is 279 g/mol. The molecule has 0 saturated heterocycles. The van der Waals surface area contributed by atoms with Gasteiger partial charge in [-0.3, -0.25) is 9.67 Å². The third-order valence-corrected chi connectivity index (χ3v) is 3.17. The topological polar surface area (TPSA) is 68.0 Å². The third-order valence-electron chi connectivity index (χ3n) is 3.17. The average Bonchev–Trinajstić information content (AvgIpc) is 2.96. The largest absolute Gasteiger partial charge is 0.478 e. The lowest BCUT2D eigenvalue weighted by atomic mass is 10.1. The van der Waals surface area contributed by atoms with Crippen molar-refractivity contribution in [2.45, 2.75) is 6.54 Å². The Bertz CT molecular complexity index is 766. The molecule has 0 aliphatic rings. The quantitative estimate of drug-likeness (QED) is 0.797. The predicted octanol–water partition coefficient (Wildman–Crippen LogP) is 2.69. The summed E-state index contributed by atoms with van der Waals surface area (Å²) in [6.07, 6.45) is 4.68. The first-order valence-electron chi connectivity index (χ1n) is 6.48. The minimum absolute atomic E-state index is 0.167. The van der Waals surface area contributed by atoms with Gasteiger partial charge in [0, 0.05) is 24.2 Å². The number of aromatic carboxylic acids is 1. The number of hydrogen-bond acceptors (Lipinski definition) is 3. The zero-order chi connectivity index (χ0) is 14.7. The highest BCUT2D eigenvalue weighted by atomic mass is 16.4. The maximum Gasteiger partial charge on any atom is 0.337 e. The van der Waals surface area contributed by atoms with Gasteiger partial charge in [0.05, 0.1) is 17.8 Å². The summed E-state index contributed by atoms with van der Waals surface area (Å²) in [5.74, 6) is -0.988. The van der Waals surface area contributed by atoms with Crippen molar-refractivity contribution in [2.75, 3.05) is 0 Å². The smallest absolute Gasteiger partial charge is 0.337 e. The summed E-state index contributed by atoms with van der Waals surface area (Å²) in [5.41, 5.74) is 2.88. The molecule has 0 aliphatic heterocycles. The number of carbonyl (C=O) groups is 1. The molecule has 1 N–H and O–H groups in total. The normalized spacial score (nSPS) is 10.5. The van der Waals surface area contributed by atoms with E-state index in [4.69, 9.17) is 5.11 Å². The Morgan fingerprint density at radius 2 is 1.95 bits per heavy atom. The molecular formula is C16H13N3O2. The number of carboxylic acids is 1. The van der Waals surface area contributed by atoms with Gasteiger partial charge >= 0.3 is 5.97 Å². The van der Waals surface area contributed by atoms with Crippen LogP contribution in [0.5, 0.6) is 0 Å². The van der Waals surface area contributed by atoms with Crippen molar-refractivity contribution in [3.05, 3.63) is 72.2 Å². The van der Waals surface area contributed by atoms with Crippen molar-refractivity contribution in [2.24, 2.45) is 0 Å². The zero-order valence-corrected chi connectivity index (χ0v) is 11.2. The molecule has 0 unspecified atom stereocenters. The Morgan fingerprint density at radius 1 is 1.14 bits per heavy atom. The first-order chi connectivity index (χ1) is 10.2. The molecule has 3 aromatic rings. The molecule has 2 heterocycles. The molecule has 0 fully saturated rings. The fourth-order valence-corrected chi connectivity index (χ4v) is 2.16. The number of benzene rings is 1. The minimum Gasteiger partial charge on any atom is -0.478 e. The Balaban J connectivity index is 1.95. The highest BCUT2D eigenvalue weighted by Gasteiger charge is 2.10. The van der Waals surface area contributed by atoms with E-state index in [1.807, 2.05) is 41.1 Å². The standard InChI is InChI=1S/C16H13N3O2/c20-16(21)14-8-13(9-17-10-14)15-6-7-18-19(15)11-12-4-2-1-3-5-12/h1-10H,11H2,(H,20,21). The molecule has 104 valence electrons. The lowest BCUT2D eigenvalue weighted by molar-refractivity contribution is 0.0696. The molecule has 0 amide bonds. The van der Waals surface area contributed by atoms with Crippen LogP contribution in [-0.2, 0) is 6.54 Å². The SMILES string of the molecule is O=C(O)c1cncc(-c2ccnn2Cc2ccccc2)c1. The summed E-state index contributed by atoms with van der Waals surface area (Å²) in [5, 5.41) is 13.4. The van der Waals surface area contributed by atoms with Crippen molar-refractivity contribution in [3.8, 4) is 11.3 Å². The molecule has 0 radical (unpaired) electrons. The molecule has 3 rings (SSSR count). The van der Waals surface area contributed by atoms with Crippen LogP contribution in [0.2, 0.25) is 0 Å². The van der Waals surface area contributed by atoms with Crippen LogP contribution < -0.4 is 0 Å². The van der Waals surface area contributed by atoms with Gasteiger partial charge in [0.25, 0.3) is 0 Å². The van der Waals surface area contributed by atoms with Crippen LogP contribution in [0.15, 0.2) is 61.1 Å². The van der Waals surface area contributed by atoms with E-state index >= 15 is 0 Å². The van der Waals surface area contributed by atoms with Gasteiger partial charge in [-0.05, 0) is 17.7 Å². The van der Waals surface area contributed by atoms with Gasteiger partial charge in [0.15, 0.2) is 0 Å². The first kappa shape index (κ1) is 13.1.